The van der Waals surface area contributed by atoms with E-state index in [4.69, 9.17) is 0 Å². The summed E-state index contributed by atoms with van der Waals surface area (Å²) in [6.45, 7) is 2.21. The van der Waals surface area contributed by atoms with Crippen molar-refractivity contribution in [3.63, 3.8) is 0 Å². The zero-order chi connectivity index (χ0) is 18.8. The van der Waals surface area contributed by atoms with E-state index in [0.717, 1.165) is 17.7 Å². The molecule has 26 heavy (non-hydrogen) atoms. The average molecular weight is 354 g/mol. The highest BCUT2D eigenvalue weighted by Crippen LogP contribution is 2.05. The van der Waals surface area contributed by atoms with Crippen LogP contribution in [0.4, 0.5) is 4.79 Å². The van der Waals surface area contributed by atoms with E-state index in [0.29, 0.717) is 25.2 Å². The first-order valence-electron chi connectivity index (χ1n) is 8.62. The Labute approximate surface area is 154 Å². The number of carbonyl (C=O) groups is 2. The Balaban J connectivity index is 1.78. The molecule has 0 saturated carbocycles. The molecule has 6 heteroatoms. The maximum absolute atomic E-state index is 12.1. The van der Waals surface area contributed by atoms with E-state index >= 15 is 0 Å². The number of urea groups is 1. The maximum Gasteiger partial charge on any atom is 0.315 e. The number of hydrogen-bond acceptors (Lipinski definition) is 3. The molecule has 2 aromatic carbocycles. The van der Waals surface area contributed by atoms with Crippen molar-refractivity contribution in [1.29, 1.82) is 0 Å². The Morgan fingerprint density at radius 2 is 1.50 bits per heavy atom. The van der Waals surface area contributed by atoms with Crippen LogP contribution in [-0.2, 0) is 13.1 Å². The van der Waals surface area contributed by atoms with Crippen LogP contribution in [0, 0.1) is 0 Å². The van der Waals surface area contributed by atoms with Crippen molar-refractivity contribution >= 4 is 11.9 Å². The minimum atomic E-state index is -0.241. The van der Waals surface area contributed by atoms with E-state index in [9.17, 15) is 9.59 Å². The lowest BCUT2D eigenvalue weighted by molar-refractivity contribution is 0.0951. The van der Waals surface area contributed by atoms with E-state index in [2.05, 4.69) is 16.0 Å². The molecule has 0 heterocycles. The molecule has 0 aliphatic carbocycles. The van der Waals surface area contributed by atoms with Gasteiger partial charge in [-0.05, 0) is 37.4 Å². The Morgan fingerprint density at radius 3 is 2.19 bits per heavy atom. The first-order chi connectivity index (χ1) is 12.5. The van der Waals surface area contributed by atoms with E-state index in [1.807, 2.05) is 61.5 Å². The number of rotatable bonds is 8. The van der Waals surface area contributed by atoms with Crippen LogP contribution in [0.25, 0.3) is 0 Å². The highest BCUT2D eigenvalue weighted by molar-refractivity contribution is 5.94. The van der Waals surface area contributed by atoms with Crippen LogP contribution in [0.2, 0.25) is 0 Å². The molecule has 3 N–H and O–H groups in total. The lowest BCUT2D eigenvalue weighted by Gasteiger charge is -2.11. The third-order valence-electron chi connectivity index (χ3n) is 3.78. The molecule has 2 aromatic rings. The van der Waals surface area contributed by atoms with Crippen LogP contribution in [0.15, 0.2) is 54.6 Å². The van der Waals surface area contributed by atoms with Gasteiger partial charge in [0.15, 0.2) is 0 Å². The smallest absolute Gasteiger partial charge is 0.315 e. The first-order valence-corrected chi connectivity index (χ1v) is 8.62. The molecule has 0 saturated heterocycles. The van der Waals surface area contributed by atoms with Crippen molar-refractivity contribution in [2.24, 2.45) is 0 Å². The van der Waals surface area contributed by atoms with Crippen molar-refractivity contribution in [3.05, 3.63) is 71.3 Å². The Morgan fingerprint density at radius 1 is 0.846 bits per heavy atom. The van der Waals surface area contributed by atoms with E-state index < -0.39 is 0 Å². The summed E-state index contributed by atoms with van der Waals surface area (Å²) in [5, 5.41) is 8.50. The van der Waals surface area contributed by atoms with Gasteiger partial charge in [0, 0.05) is 31.7 Å². The van der Waals surface area contributed by atoms with E-state index in [-0.39, 0.29) is 11.9 Å². The predicted molar refractivity (Wildman–Crippen MR) is 103 cm³/mol. The van der Waals surface area contributed by atoms with Crippen molar-refractivity contribution in [2.75, 3.05) is 27.2 Å². The van der Waals surface area contributed by atoms with Crippen LogP contribution < -0.4 is 16.0 Å². The molecule has 138 valence electrons. The normalized spacial score (nSPS) is 10.4. The van der Waals surface area contributed by atoms with Crippen molar-refractivity contribution in [1.82, 2.24) is 20.9 Å². The summed E-state index contributed by atoms with van der Waals surface area (Å²) in [5.41, 5.74) is 2.51. The summed E-state index contributed by atoms with van der Waals surface area (Å²) in [5.74, 6) is -0.109. The predicted octanol–water partition coefficient (Wildman–Crippen LogP) is 1.98. The largest absolute Gasteiger partial charge is 0.351 e. The van der Waals surface area contributed by atoms with Gasteiger partial charge in [0.1, 0.15) is 0 Å². The van der Waals surface area contributed by atoms with Gasteiger partial charge in [-0.25, -0.2) is 4.79 Å². The number of carbonyl (C=O) groups excluding carboxylic acids is 2. The quantitative estimate of drug-likeness (QED) is 0.679. The van der Waals surface area contributed by atoms with Gasteiger partial charge in [0.05, 0.1) is 0 Å². The molecule has 6 nitrogen and oxygen atoms in total. The second-order valence-corrected chi connectivity index (χ2v) is 6.28. The van der Waals surface area contributed by atoms with Gasteiger partial charge in [0.2, 0.25) is 0 Å². The Bertz CT molecular complexity index is 717. The summed E-state index contributed by atoms with van der Waals surface area (Å²) in [6.07, 6.45) is 0. The van der Waals surface area contributed by atoms with E-state index in [1.54, 1.807) is 12.1 Å². The molecule has 3 amide bonds. The zero-order valence-electron chi connectivity index (χ0n) is 15.3. The highest BCUT2D eigenvalue weighted by atomic mass is 16.2. The molecular formula is C20H26N4O2. The summed E-state index contributed by atoms with van der Waals surface area (Å²) >= 11 is 0. The minimum absolute atomic E-state index is 0.109. The summed E-state index contributed by atoms with van der Waals surface area (Å²) in [4.78, 5) is 26.1. The van der Waals surface area contributed by atoms with Crippen LogP contribution in [-0.4, -0.2) is 44.0 Å². The van der Waals surface area contributed by atoms with Gasteiger partial charge in [-0.3, -0.25) is 4.79 Å². The molecule has 0 aliphatic rings. The van der Waals surface area contributed by atoms with Gasteiger partial charge in [-0.1, -0.05) is 42.5 Å². The standard InChI is InChI=1S/C20H26N4O2/c1-24(2)12-11-21-19(25)18-10-6-9-17(13-18)15-23-20(26)22-14-16-7-4-3-5-8-16/h3-10,13H,11-12,14-15H2,1-2H3,(H,21,25)(H2,22,23,26). The second kappa shape index (κ2) is 10.2. The van der Waals surface area contributed by atoms with Gasteiger partial charge >= 0.3 is 6.03 Å². The number of hydrogen-bond donors (Lipinski definition) is 3. The number of likely N-dealkylation sites (N-methyl/N-ethyl adjacent to an activating group) is 1. The zero-order valence-corrected chi connectivity index (χ0v) is 15.3. The maximum atomic E-state index is 12.1. The first kappa shape index (κ1) is 19.5. The number of nitrogens with zero attached hydrogens (tertiary/aromatic N) is 1. The third-order valence-corrected chi connectivity index (χ3v) is 3.78. The summed E-state index contributed by atoms with van der Waals surface area (Å²) in [7, 11) is 3.92. The molecule has 2 rings (SSSR count). The molecule has 0 unspecified atom stereocenters. The van der Waals surface area contributed by atoms with Crippen molar-refractivity contribution in [3.8, 4) is 0 Å². The lowest BCUT2D eigenvalue weighted by atomic mass is 10.1. The molecule has 0 aromatic heterocycles. The monoisotopic (exact) mass is 354 g/mol. The third kappa shape index (κ3) is 6.94. The number of nitrogens with one attached hydrogen (secondary N) is 3. The van der Waals surface area contributed by atoms with Gasteiger partial charge < -0.3 is 20.9 Å². The highest BCUT2D eigenvalue weighted by Gasteiger charge is 2.07. The number of amides is 3. The van der Waals surface area contributed by atoms with Crippen molar-refractivity contribution in [2.45, 2.75) is 13.1 Å². The van der Waals surface area contributed by atoms with Crippen molar-refractivity contribution < 1.29 is 9.59 Å². The molecule has 0 spiro atoms. The fourth-order valence-corrected chi connectivity index (χ4v) is 2.34. The lowest BCUT2D eigenvalue weighted by Crippen LogP contribution is -2.34. The fourth-order valence-electron chi connectivity index (χ4n) is 2.34. The van der Waals surface area contributed by atoms with Crippen LogP contribution in [0.1, 0.15) is 21.5 Å². The molecule has 0 radical (unpaired) electrons. The number of benzene rings is 2. The summed E-state index contributed by atoms with van der Waals surface area (Å²) < 4.78 is 0. The molecule has 0 bridgehead atoms. The average Bonchev–Trinajstić information content (AvgIpc) is 2.65. The van der Waals surface area contributed by atoms with Crippen LogP contribution in [0.3, 0.4) is 0 Å². The van der Waals surface area contributed by atoms with Gasteiger partial charge in [-0.15, -0.1) is 0 Å². The van der Waals surface area contributed by atoms with Crippen LogP contribution >= 0.6 is 0 Å². The Kier molecular flexibility index (Phi) is 7.64. The molecule has 0 aliphatic heterocycles. The van der Waals surface area contributed by atoms with E-state index in [1.165, 1.54) is 0 Å². The summed E-state index contributed by atoms with van der Waals surface area (Å²) in [6, 6.07) is 16.7. The van der Waals surface area contributed by atoms with Gasteiger partial charge in [-0.2, -0.15) is 0 Å². The Hall–Kier alpha value is -2.86. The second-order valence-electron chi connectivity index (χ2n) is 6.28. The van der Waals surface area contributed by atoms with Gasteiger partial charge in [0.25, 0.3) is 5.91 Å². The minimum Gasteiger partial charge on any atom is -0.351 e. The fraction of sp³-hybridized carbons (Fsp3) is 0.300. The van der Waals surface area contributed by atoms with Crippen LogP contribution in [0.5, 0.6) is 0 Å². The molecular weight excluding hydrogens is 328 g/mol. The topological polar surface area (TPSA) is 73.5 Å². The molecule has 0 fully saturated rings. The SMILES string of the molecule is CN(C)CCNC(=O)c1cccc(CNC(=O)NCc2ccccc2)c1. The molecule has 0 atom stereocenters.